The van der Waals surface area contributed by atoms with E-state index in [2.05, 4.69) is 0 Å². The molecule has 1 saturated heterocycles. The normalized spacial score (nSPS) is 18.3. The maximum atomic E-state index is 12.9. The van der Waals surface area contributed by atoms with Crippen LogP contribution in [0.3, 0.4) is 0 Å². The van der Waals surface area contributed by atoms with Gasteiger partial charge >= 0.3 is 18.0 Å². The molecule has 2 heterocycles. The van der Waals surface area contributed by atoms with Gasteiger partial charge in [-0.3, -0.25) is 14.5 Å². The molecule has 1 N–H and O–H groups in total. The van der Waals surface area contributed by atoms with Gasteiger partial charge in [-0.2, -0.15) is 0 Å². The number of benzene rings is 1. The van der Waals surface area contributed by atoms with E-state index < -0.39 is 17.4 Å². The number of urea groups is 1. The summed E-state index contributed by atoms with van der Waals surface area (Å²) in [5.74, 6) is -1.49. The summed E-state index contributed by atoms with van der Waals surface area (Å²) in [7, 11) is 0. The first-order chi connectivity index (χ1) is 12.5. The van der Waals surface area contributed by atoms with Gasteiger partial charge < -0.3 is 14.7 Å². The maximum Gasteiger partial charge on any atom is 0.324 e. The first-order valence-corrected chi connectivity index (χ1v) is 9.00. The SMILES string of the molecule is CCOC(=O)C1(CC(=O)O)CCN(C(=O)N2CCc3ccccc32)CC1. The van der Waals surface area contributed by atoms with Crippen molar-refractivity contribution in [2.24, 2.45) is 5.41 Å². The second-order valence-electron chi connectivity index (χ2n) is 6.87. The lowest BCUT2D eigenvalue weighted by molar-refractivity contribution is -0.163. The Kier molecular flexibility index (Phi) is 5.15. The van der Waals surface area contributed by atoms with Crippen LogP contribution in [0.4, 0.5) is 10.5 Å². The monoisotopic (exact) mass is 360 g/mol. The zero-order valence-electron chi connectivity index (χ0n) is 14.9. The lowest BCUT2D eigenvalue weighted by Gasteiger charge is -2.40. The Labute approximate surface area is 152 Å². The van der Waals surface area contributed by atoms with Gasteiger partial charge in [-0.25, -0.2) is 4.79 Å². The lowest BCUT2D eigenvalue weighted by atomic mass is 9.75. The number of amides is 2. The molecule has 0 atom stereocenters. The van der Waals surface area contributed by atoms with E-state index in [1.165, 1.54) is 0 Å². The second-order valence-corrected chi connectivity index (χ2v) is 6.87. The van der Waals surface area contributed by atoms with Gasteiger partial charge in [-0.05, 0) is 37.8 Å². The fourth-order valence-corrected chi connectivity index (χ4v) is 3.86. The number of likely N-dealkylation sites (tertiary alicyclic amines) is 1. The molecular weight excluding hydrogens is 336 g/mol. The van der Waals surface area contributed by atoms with E-state index in [0.29, 0.717) is 32.5 Å². The highest BCUT2D eigenvalue weighted by molar-refractivity contribution is 5.94. The van der Waals surface area contributed by atoms with Crippen molar-refractivity contribution >= 4 is 23.7 Å². The molecule has 3 rings (SSSR count). The van der Waals surface area contributed by atoms with Crippen LogP contribution in [-0.2, 0) is 20.7 Å². The smallest absolute Gasteiger partial charge is 0.324 e. The first kappa shape index (κ1) is 18.2. The summed E-state index contributed by atoms with van der Waals surface area (Å²) < 4.78 is 5.11. The largest absolute Gasteiger partial charge is 0.481 e. The number of rotatable bonds is 4. The van der Waals surface area contributed by atoms with Crippen LogP contribution in [0.2, 0.25) is 0 Å². The number of fused-ring (bicyclic) bond motifs is 1. The molecule has 0 aliphatic carbocycles. The van der Waals surface area contributed by atoms with Crippen molar-refractivity contribution in [2.75, 3.05) is 31.1 Å². The van der Waals surface area contributed by atoms with Crippen molar-refractivity contribution in [3.8, 4) is 0 Å². The zero-order valence-corrected chi connectivity index (χ0v) is 14.9. The molecule has 140 valence electrons. The van der Waals surface area contributed by atoms with Crippen molar-refractivity contribution in [1.82, 2.24) is 4.90 Å². The number of hydrogen-bond donors (Lipinski definition) is 1. The molecule has 0 unspecified atom stereocenters. The predicted molar refractivity (Wildman–Crippen MR) is 95.0 cm³/mol. The predicted octanol–water partition coefficient (Wildman–Crippen LogP) is 2.29. The summed E-state index contributed by atoms with van der Waals surface area (Å²) in [5, 5.41) is 9.21. The minimum atomic E-state index is -1.04. The molecule has 26 heavy (non-hydrogen) atoms. The van der Waals surface area contributed by atoms with Gasteiger partial charge in [0.15, 0.2) is 0 Å². The highest BCUT2D eigenvalue weighted by atomic mass is 16.5. The van der Waals surface area contributed by atoms with Crippen LogP contribution < -0.4 is 4.90 Å². The second kappa shape index (κ2) is 7.35. The highest BCUT2D eigenvalue weighted by Crippen LogP contribution is 2.38. The van der Waals surface area contributed by atoms with Crippen LogP contribution in [0.25, 0.3) is 0 Å². The summed E-state index contributed by atoms with van der Waals surface area (Å²) in [5.41, 5.74) is 1.05. The quantitative estimate of drug-likeness (QED) is 0.833. The molecule has 1 fully saturated rings. The number of carboxylic acids is 1. The summed E-state index contributed by atoms with van der Waals surface area (Å²) in [6.45, 7) is 3.27. The molecule has 0 saturated carbocycles. The number of ether oxygens (including phenoxy) is 1. The average Bonchev–Trinajstić information content (AvgIpc) is 3.05. The van der Waals surface area contributed by atoms with Crippen LogP contribution in [0, 0.1) is 5.41 Å². The number of carbonyl (C=O) groups excluding carboxylic acids is 2. The number of esters is 1. The third-order valence-electron chi connectivity index (χ3n) is 5.31. The molecular formula is C19H24N2O5. The molecule has 0 radical (unpaired) electrons. The number of nitrogens with zero attached hydrogens (tertiary/aromatic N) is 2. The number of para-hydroxylation sites is 1. The van der Waals surface area contributed by atoms with E-state index in [4.69, 9.17) is 4.74 Å². The van der Waals surface area contributed by atoms with E-state index >= 15 is 0 Å². The van der Waals surface area contributed by atoms with Gasteiger partial charge in [-0.15, -0.1) is 0 Å². The molecule has 0 bridgehead atoms. The van der Waals surface area contributed by atoms with Gasteiger partial charge in [0.1, 0.15) is 0 Å². The fraction of sp³-hybridized carbons (Fsp3) is 0.526. The molecule has 2 aliphatic heterocycles. The van der Waals surface area contributed by atoms with Crippen LogP contribution in [-0.4, -0.2) is 54.2 Å². The number of carbonyl (C=O) groups is 3. The first-order valence-electron chi connectivity index (χ1n) is 9.00. The Hall–Kier alpha value is -2.57. The summed E-state index contributed by atoms with van der Waals surface area (Å²) in [6.07, 6.45) is 1.18. The molecule has 2 aliphatic rings. The Bertz CT molecular complexity index is 710. The highest BCUT2D eigenvalue weighted by Gasteiger charge is 2.46. The maximum absolute atomic E-state index is 12.9. The molecule has 7 nitrogen and oxygen atoms in total. The van der Waals surface area contributed by atoms with Crippen LogP contribution >= 0.6 is 0 Å². The third-order valence-corrected chi connectivity index (χ3v) is 5.31. The average molecular weight is 360 g/mol. The van der Waals surface area contributed by atoms with E-state index in [1.807, 2.05) is 24.3 Å². The van der Waals surface area contributed by atoms with Crippen molar-refractivity contribution < 1.29 is 24.2 Å². The van der Waals surface area contributed by atoms with Crippen molar-refractivity contribution in [2.45, 2.75) is 32.6 Å². The Morgan fingerprint density at radius 2 is 1.85 bits per heavy atom. The summed E-state index contributed by atoms with van der Waals surface area (Å²) in [4.78, 5) is 40.0. The molecule has 7 heteroatoms. The minimum absolute atomic E-state index is 0.0808. The van der Waals surface area contributed by atoms with E-state index in [-0.39, 0.29) is 19.1 Å². The lowest BCUT2D eigenvalue weighted by Crippen LogP contribution is -2.51. The molecule has 2 amide bonds. The number of aliphatic carboxylic acids is 1. The van der Waals surface area contributed by atoms with Crippen molar-refractivity contribution in [3.63, 3.8) is 0 Å². The Morgan fingerprint density at radius 1 is 1.15 bits per heavy atom. The van der Waals surface area contributed by atoms with Crippen molar-refractivity contribution in [1.29, 1.82) is 0 Å². The topological polar surface area (TPSA) is 87.1 Å². The number of anilines is 1. The molecule has 0 aromatic heterocycles. The summed E-state index contributed by atoms with van der Waals surface area (Å²) in [6, 6.07) is 7.77. The van der Waals surface area contributed by atoms with E-state index in [0.717, 1.165) is 17.7 Å². The van der Waals surface area contributed by atoms with Gasteiger partial charge in [0.25, 0.3) is 0 Å². The van der Waals surface area contributed by atoms with Gasteiger partial charge in [0.2, 0.25) is 0 Å². The summed E-state index contributed by atoms with van der Waals surface area (Å²) >= 11 is 0. The third kappa shape index (κ3) is 3.38. The van der Waals surface area contributed by atoms with Crippen molar-refractivity contribution in [3.05, 3.63) is 29.8 Å². The molecule has 1 aromatic rings. The van der Waals surface area contributed by atoms with Crippen LogP contribution in [0.5, 0.6) is 0 Å². The minimum Gasteiger partial charge on any atom is -0.481 e. The molecule has 0 spiro atoms. The number of piperidine rings is 1. The Balaban J connectivity index is 1.70. The molecule has 1 aromatic carbocycles. The van der Waals surface area contributed by atoms with E-state index in [1.54, 1.807) is 16.7 Å². The number of hydrogen-bond acceptors (Lipinski definition) is 4. The number of carboxylic acid groups (broad SMARTS) is 1. The fourth-order valence-electron chi connectivity index (χ4n) is 3.86. The van der Waals surface area contributed by atoms with Gasteiger partial charge in [0, 0.05) is 25.3 Å². The van der Waals surface area contributed by atoms with Gasteiger partial charge in [-0.1, -0.05) is 18.2 Å². The zero-order chi connectivity index (χ0) is 18.7. The van der Waals surface area contributed by atoms with Gasteiger partial charge in [0.05, 0.1) is 18.4 Å². The Morgan fingerprint density at radius 3 is 2.50 bits per heavy atom. The standard InChI is InChI=1S/C19H24N2O5/c1-2-26-17(24)19(13-16(22)23)8-11-20(12-9-19)18(25)21-10-7-14-5-3-4-6-15(14)21/h3-6H,2,7-13H2,1H3,(H,22,23). The van der Waals surface area contributed by atoms with Crippen LogP contribution in [0.1, 0.15) is 31.7 Å². The van der Waals surface area contributed by atoms with Crippen LogP contribution in [0.15, 0.2) is 24.3 Å². The van der Waals surface area contributed by atoms with E-state index in [9.17, 15) is 19.5 Å².